The highest BCUT2D eigenvalue weighted by atomic mass is 79.9. The molecule has 2 aromatic rings. The van der Waals surface area contributed by atoms with Crippen molar-refractivity contribution in [2.24, 2.45) is 0 Å². The van der Waals surface area contributed by atoms with Crippen LogP contribution >= 0.6 is 15.9 Å². The van der Waals surface area contributed by atoms with Gasteiger partial charge in [-0.05, 0) is 33.0 Å². The number of nitro groups is 1. The van der Waals surface area contributed by atoms with Gasteiger partial charge in [-0.2, -0.15) is 0 Å². The number of hydrogen-bond acceptors (Lipinski definition) is 5. The van der Waals surface area contributed by atoms with Crippen LogP contribution < -0.4 is 10.1 Å². The summed E-state index contributed by atoms with van der Waals surface area (Å²) in [7, 11) is 1.47. The molecule has 0 aliphatic carbocycles. The van der Waals surface area contributed by atoms with Gasteiger partial charge in [0.25, 0.3) is 5.91 Å². The van der Waals surface area contributed by atoms with E-state index in [0.717, 1.165) is 0 Å². The van der Waals surface area contributed by atoms with Crippen molar-refractivity contribution in [2.75, 3.05) is 12.4 Å². The van der Waals surface area contributed by atoms with Gasteiger partial charge in [-0.25, -0.2) is 0 Å². The third-order valence-electron chi connectivity index (χ3n) is 2.44. The van der Waals surface area contributed by atoms with Crippen LogP contribution in [0.25, 0.3) is 0 Å². The number of rotatable bonds is 4. The van der Waals surface area contributed by atoms with Crippen LogP contribution in [0.15, 0.2) is 28.7 Å². The van der Waals surface area contributed by atoms with Crippen LogP contribution in [0.1, 0.15) is 10.5 Å². The van der Waals surface area contributed by atoms with Crippen molar-refractivity contribution in [3.8, 4) is 5.75 Å². The molecule has 0 fully saturated rings. The van der Waals surface area contributed by atoms with Crippen molar-refractivity contribution < 1.29 is 14.5 Å². The Hall–Kier alpha value is -2.42. The van der Waals surface area contributed by atoms with Crippen LogP contribution in [-0.2, 0) is 0 Å². The quantitative estimate of drug-likeness (QED) is 0.655. The maximum absolute atomic E-state index is 12.0. The molecule has 2 N–H and O–H groups in total. The molecule has 1 amide bonds. The van der Waals surface area contributed by atoms with Gasteiger partial charge in [0.05, 0.1) is 12.8 Å². The zero-order chi connectivity index (χ0) is 14.7. The van der Waals surface area contributed by atoms with E-state index in [0.29, 0.717) is 11.4 Å². The number of ether oxygens (including phenoxy) is 1. The van der Waals surface area contributed by atoms with Crippen LogP contribution in [-0.4, -0.2) is 28.1 Å². The standard InChI is InChI=1S/C11H9BrN4O4/c1-20-7-5-3-2-4-6(7)13-11(17)9-8(12)10(15-14-9)16(18)19/h2-5H,1H3,(H,13,17)(H,14,15). The molecule has 20 heavy (non-hydrogen) atoms. The molecule has 0 bridgehead atoms. The van der Waals surface area contributed by atoms with E-state index in [1.54, 1.807) is 24.3 Å². The summed E-state index contributed by atoms with van der Waals surface area (Å²) in [5.74, 6) is -0.497. The molecular formula is C11H9BrN4O4. The normalized spacial score (nSPS) is 10.1. The van der Waals surface area contributed by atoms with E-state index in [4.69, 9.17) is 4.74 Å². The van der Waals surface area contributed by atoms with Gasteiger partial charge in [-0.3, -0.25) is 4.79 Å². The number of amides is 1. The molecule has 0 atom stereocenters. The van der Waals surface area contributed by atoms with E-state index >= 15 is 0 Å². The first-order chi connectivity index (χ1) is 9.54. The summed E-state index contributed by atoms with van der Waals surface area (Å²) in [6, 6.07) is 6.80. The lowest BCUT2D eigenvalue weighted by atomic mass is 10.3. The average molecular weight is 341 g/mol. The summed E-state index contributed by atoms with van der Waals surface area (Å²) < 4.78 is 5.09. The Morgan fingerprint density at radius 3 is 2.80 bits per heavy atom. The maximum Gasteiger partial charge on any atom is 0.357 e. The fourth-order valence-electron chi connectivity index (χ4n) is 1.52. The van der Waals surface area contributed by atoms with Crippen LogP contribution in [0, 0.1) is 10.1 Å². The van der Waals surface area contributed by atoms with Gasteiger partial charge in [0.1, 0.15) is 10.2 Å². The average Bonchev–Trinajstić information content (AvgIpc) is 2.81. The number of hydrogen-bond donors (Lipinski definition) is 2. The molecule has 2 rings (SSSR count). The van der Waals surface area contributed by atoms with Gasteiger partial charge in [0, 0.05) is 0 Å². The van der Waals surface area contributed by atoms with Crippen molar-refractivity contribution in [3.63, 3.8) is 0 Å². The minimum Gasteiger partial charge on any atom is -0.495 e. The summed E-state index contributed by atoms with van der Waals surface area (Å²) in [5, 5.41) is 19.0. The van der Waals surface area contributed by atoms with E-state index in [1.807, 2.05) is 0 Å². The Morgan fingerprint density at radius 1 is 1.50 bits per heavy atom. The number of anilines is 1. The summed E-state index contributed by atoms with van der Waals surface area (Å²) in [5.41, 5.74) is 0.333. The predicted octanol–water partition coefficient (Wildman–Crippen LogP) is 2.34. The second-order valence-corrected chi connectivity index (χ2v) is 4.44. The largest absolute Gasteiger partial charge is 0.495 e. The summed E-state index contributed by atoms with van der Waals surface area (Å²) in [6.45, 7) is 0. The number of methoxy groups -OCH3 is 1. The number of aromatic nitrogens is 2. The highest BCUT2D eigenvalue weighted by molar-refractivity contribution is 9.10. The van der Waals surface area contributed by atoms with Gasteiger partial charge in [0.15, 0.2) is 5.69 Å². The molecular weight excluding hydrogens is 332 g/mol. The van der Waals surface area contributed by atoms with E-state index in [-0.39, 0.29) is 16.0 Å². The first kappa shape index (κ1) is 14.0. The molecule has 0 spiro atoms. The van der Waals surface area contributed by atoms with Crippen LogP contribution in [0.2, 0.25) is 0 Å². The number of carbonyl (C=O) groups is 1. The molecule has 0 unspecified atom stereocenters. The number of carbonyl (C=O) groups excluding carboxylic acids is 1. The fourth-order valence-corrected chi connectivity index (χ4v) is 2.02. The minimum absolute atomic E-state index is 0.00472. The Balaban J connectivity index is 2.27. The number of H-pyrrole nitrogens is 1. The zero-order valence-corrected chi connectivity index (χ0v) is 11.8. The molecule has 8 nitrogen and oxygen atoms in total. The molecule has 0 radical (unpaired) electrons. The van der Waals surface area contributed by atoms with Crippen molar-refractivity contribution in [3.05, 3.63) is 44.5 Å². The Morgan fingerprint density at radius 2 is 2.20 bits per heavy atom. The number of nitrogens with zero attached hydrogens (tertiary/aromatic N) is 2. The first-order valence-electron chi connectivity index (χ1n) is 5.37. The zero-order valence-electron chi connectivity index (χ0n) is 10.2. The number of benzene rings is 1. The number of para-hydroxylation sites is 2. The van der Waals surface area contributed by atoms with Crippen LogP contribution in [0.4, 0.5) is 11.5 Å². The molecule has 1 aromatic carbocycles. The third kappa shape index (κ3) is 2.62. The second-order valence-electron chi connectivity index (χ2n) is 3.65. The highest BCUT2D eigenvalue weighted by Crippen LogP contribution is 2.28. The number of nitrogens with one attached hydrogen (secondary N) is 2. The molecule has 0 saturated carbocycles. The minimum atomic E-state index is -0.670. The monoisotopic (exact) mass is 340 g/mol. The summed E-state index contributed by atoms with van der Waals surface area (Å²) >= 11 is 2.97. The lowest BCUT2D eigenvalue weighted by molar-refractivity contribution is -0.390. The van der Waals surface area contributed by atoms with Crippen LogP contribution in [0.5, 0.6) is 5.75 Å². The first-order valence-corrected chi connectivity index (χ1v) is 6.16. The van der Waals surface area contributed by atoms with E-state index < -0.39 is 10.8 Å². The smallest absolute Gasteiger partial charge is 0.357 e. The third-order valence-corrected chi connectivity index (χ3v) is 3.19. The Kier molecular flexibility index (Phi) is 3.99. The van der Waals surface area contributed by atoms with Gasteiger partial charge < -0.3 is 20.2 Å². The van der Waals surface area contributed by atoms with Crippen molar-refractivity contribution in [1.82, 2.24) is 10.2 Å². The summed E-state index contributed by atoms with van der Waals surface area (Å²) in [6.07, 6.45) is 0. The van der Waals surface area contributed by atoms with E-state index in [9.17, 15) is 14.9 Å². The SMILES string of the molecule is COc1ccccc1NC(=O)c1n[nH]c([N+](=O)[O-])c1Br. The Labute approximate surface area is 121 Å². The van der Waals surface area contributed by atoms with Gasteiger partial charge in [-0.15, -0.1) is 5.10 Å². The number of aromatic amines is 1. The molecule has 9 heteroatoms. The molecule has 1 heterocycles. The van der Waals surface area contributed by atoms with E-state index in [2.05, 4.69) is 31.4 Å². The van der Waals surface area contributed by atoms with Gasteiger partial charge in [0.2, 0.25) is 0 Å². The van der Waals surface area contributed by atoms with Crippen LogP contribution in [0.3, 0.4) is 0 Å². The maximum atomic E-state index is 12.0. The molecule has 0 saturated heterocycles. The molecule has 1 aromatic heterocycles. The molecule has 0 aliphatic rings. The number of halogens is 1. The summed E-state index contributed by atoms with van der Waals surface area (Å²) in [4.78, 5) is 22.0. The van der Waals surface area contributed by atoms with Crippen molar-refractivity contribution in [1.29, 1.82) is 0 Å². The van der Waals surface area contributed by atoms with E-state index in [1.165, 1.54) is 7.11 Å². The highest BCUT2D eigenvalue weighted by Gasteiger charge is 2.25. The Bertz CT molecular complexity index is 670. The topological polar surface area (TPSA) is 110 Å². The fraction of sp³-hybridized carbons (Fsp3) is 0.0909. The molecule has 104 valence electrons. The van der Waals surface area contributed by atoms with Crippen molar-refractivity contribution >= 4 is 33.3 Å². The van der Waals surface area contributed by atoms with Gasteiger partial charge in [-0.1, -0.05) is 17.2 Å². The van der Waals surface area contributed by atoms with Crippen molar-refractivity contribution in [2.45, 2.75) is 0 Å². The predicted molar refractivity (Wildman–Crippen MR) is 73.9 cm³/mol. The lowest BCUT2D eigenvalue weighted by Gasteiger charge is -2.08. The second kappa shape index (κ2) is 5.70. The van der Waals surface area contributed by atoms with Gasteiger partial charge >= 0.3 is 5.82 Å². The lowest BCUT2D eigenvalue weighted by Crippen LogP contribution is -2.13. The molecule has 0 aliphatic heterocycles.